The van der Waals surface area contributed by atoms with Crippen molar-refractivity contribution in [3.8, 4) is 0 Å². The lowest BCUT2D eigenvalue weighted by Crippen LogP contribution is -2.50. The zero-order valence-electron chi connectivity index (χ0n) is 15.5. The molecule has 1 spiro atoms. The van der Waals surface area contributed by atoms with Gasteiger partial charge in [0.1, 0.15) is 5.76 Å². The summed E-state index contributed by atoms with van der Waals surface area (Å²) < 4.78 is 16.4. The predicted octanol–water partition coefficient (Wildman–Crippen LogP) is 1.57. The molecule has 7 nitrogen and oxygen atoms in total. The van der Waals surface area contributed by atoms with Crippen molar-refractivity contribution in [3.05, 3.63) is 17.5 Å². The number of ether oxygens (including phenoxy) is 2. The van der Waals surface area contributed by atoms with E-state index < -0.39 is 0 Å². The summed E-state index contributed by atoms with van der Waals surface area (Å²) in [5, 5.41) is 3.86. The van der Waals surface area contributed by atoms with Crippen LogP contribution >= 0.6 is 0 Å². The summed E-state index contributed by atoms with van der Waals surface area (Å²) in [6, 6.07) is 1.70. The minimum atomic E-state index is -0.195. The molecule has 0 aliphatic carbocycles. The zero-order chi connectivity index (χ0) is 17.9. The van der Waals surface area contributed by atoms with Gasteiger partial charge in [0.05, 0.1) is 25.4 Å². The lowest BCUT2D eigenvalue weighted by atomic mass is 9.86. The number of aryl methyl sites for hydroxylation is 1. The number of hydrogen-bond donors (Lipinski definition) is 0. The molecule has 0 aromatic carbocycles. The minimum Gasteiger partial charge on any atom is -0.383 e. The number of carbonyl (C=O) groups is 1. The van der Waals surface area contributed by atoms with Gasteiger partial charge >= 0.3 is 0 Å². The number of rotatable bonds is 6. The molecule has 0 saturated carbocycles. The number of likely N-dealkylation sites (N-methyl/N-ethyl adjacent to an activating group) is 1. The van der Waals surface area contributed by atoms with Crippen molar-refractivity contribution in [2.45, 2.75) is 31.8 Å². The molecule has 0 bridgehead atoms. The topological polar surface area (TPSA) is 68.0 Å². The Balaban J connectivity index is 1.56. The van der Waals surface area contributed by atoms with Crippen molar-refractivity contribution in [1.29, 1.82) is 0 Å². The molecule has 3 heterocycles. The molecule has 3 rings (SSSR count). The van der Waals surface area contributed by atoms with Crippen LogP contribution in [0.4, 0.5) is 0 Å². The lowest BCUT2D eigenvalue weighted by molar-refractivity contribution is -0.0452. The quantitative estimate of drug-likeness (QED) is 0.775. The highest BCUT2D eigenvalue weighted by molar-refractivity contribution is 5.92. The van der Waals surface area contributed by atoms with E-state index in [4.69, 9.17) is 14.0 Å². The summed E-state index contributed by atoms with van der Waals surface area (Å²) >= 11 is 0. The number of amides is 1. The Morgan fingerprint density at radius 2 is 2.40 bits per heavy atom. The van der Waals surface area contributed by atoms with Crippen LogP contribution in [-0.4, -0.2) is 80.0 Å². The van der Waals surface area contributed by atoms with Crippen LogP contribution in [0.2, 0.25) is 0 Å². The van der Waals surface area contributed by atoms with E-state index in [0.29, 0.717) is 23.9 Å². The fraction of sp³-hybridized carbons (Fsp3) is 0.778. The Bertz CT molecular complexity index is 591. The molecule has 25 heavy (non-hydrogen) atoms. The molecule has 140 valence electrons. The Hall–Kier alpha value is -1.44. The van der Waals surface area contributed by atoms with E-state index in [9.17, 15) is 4.79 Å². The highest BCUT2D eigenvalue weighted by Gasteiger charge is 2.44. The third kappa shape index (κ3) is 4.40. The summed E-state index contributed by atoms with van der Waals surface area (Å²) in [5.41, 5.74) is 0.197. The van der Waals surface area contributed by atoms with E-state index in [2.05, 4.69) is 17.1 Å². The lowest BCUT2D eigenvalue weighted by Gasteiger charge is -2.39. The van der Waals surface area contributed by atoms with E-state index in [1.807, 2.05) is 4.90 Å². The molecule has 1 aromatic heterocycles. The third-order valence-electron chi connectivity index (χ3n) is 5.21. The number of methoxy groups -OCH3 is 1. The number of likely N-dealkylation sites (tertiary alicyclic amines) is 1. The van der Waals surface area contributed by atoms with E-state index in [1.54, 1.807) is 20.1 Å². The van der Waals surface area contributed by atoms with Crippen LogP contribution < -0.4 is 0 Å². The largest absolute Gasteiger partial charge is 0.383 e. The van der Waals surface area contributed by atoms with Gasteiger partial charge in [0.25, 0.3) is 5.91 Å². The van der Waals surface area contributed by atoms with Gasteiger partial charge in [0.15, 0.2) is 5.69 Å². The molecule has 0 unspecified atom stereocenters. The molecule has 2 aliphatic rings. The summed E-state index contributed by atoms with van der Waals surface area (Å²) in [4.78, 5) is 16.8. The van der Waals surface area contributed by atoms with Crippen molar-refractivity contribution in [1.82, 2.24) is 15.0 Å². The Labute approximate surface area is 149 Å². The predicted molar refractivity (Wildman–Crippen MR) is 92.5 cm³/mol. The van der Waals surface area contributed by atoms with Crippen LogP contribution in [0.25, 0.3) is 0 Å². The molecule has 0 radical (unpaired) electrons. The normalized spacial score (nSPS) is 26.7. The van der Waals surface area contributed by atoms with Crippen LogP contribution in [0.5, 0.6) is 0 Å². The summed E-state index contributed by atoms with van der Waals surface area (Å²) in [5.74, 6) is 1.11. The first-order valence-electron chi connectivity index (χ1n) is 9.05. The van der Waals surface area contributed by atoms with Gasteiger partial charge < -0.3 is 23.8 Å². The Morgan fingerprint density at radius 1 is 1.56 bits per heavy atom. The number of aromatic nitrogens is 1. The van der Waals surface area contributed by atoms with Crippen molar-refractivity contribution in [3.63, 3.8) is 0 Å². The Morgan fingerprint density at radius 3 is 3.12 bits per heavy atom. The first-order valence-corrected chi connectivity index (χ1v) is 9.05. The standard InChI is InChI=1S/C18H29N3O4/c1-14-9-16(19-25-14)17(22)21-6-4-5-18(13-21)10-15(12-24-18)11-20(2)7-8-23-3/h9,15H,4-8,10-13H2,1-3H3/t15-,18-/m1/s1. The first kappa shape index (κ1) is 18.4. The molecule has 7 heteroatoms. The molecule has 2 saturated heterocycles. The third-order valence-corrected chi connectivity index (χ3v) is 5.21. The monoisotopic (exact) mass is 351 g/mol. The molecule has 1 aromatic rings. The van der Waals surface area contributed by atoms with E-state index in [-0.39, 0.29) is 11.5 Å². The van der Waals surface area contributed by atoms with Crippen molar-refractivity contribution >= 4 is 5.91 Å². The van der Waals surface area contributed by atoms with Gasteiger partial charge in [-0.3, -0.25) is 4.79 Å². The molecule has 0 N–H and O–H groups in total. The van der Waals surface area contributed by atoms with Gasteiger partial charge in [-0.15, -0.1) is 0 Å². The van der Waals surface area contributed by atoms with Gasteiger partial charge in [-0.1, -0.05) is 5.16 Å². The first-order chi connectivity index (χ1) is 12.0. The van der Waals surface area contributed by atoms with Crippen LogP contribution in [0.15, 0.2) is 10.6 Å². The fourth-order valence-electron chi connectivity index (χ4n) is 4.02. The van der Waals surface area contributed by atoms with Crippen LogP contribution in [0, 0.1) is 12.8 Å². The van der Waals surface area contributed by atoms with Gasteiger partial charge in [0.2, 0.25) is 0 Å². The van der Waals surface area contributed by atoms with E-state index in [0.717, 1.165) is 52.1 Å². The van der Waals surface area contributed by atoms with Crippen LogP contribution in [-0.2, 0) is 9.47 Å². The van der Waals surface area contributed by atoms with Gasteiger partial charge in [-0.05, 0) is 39.2 Å². The second kappa shape index (κ2) is 7.85. The zero-order valence-corrected chi connectivity index (χ0v) is 15.5. The van der Waals surface area contributed by atoms with Gasteiger partial charge in [-0.25, -0.2) is 0 Å². The Kier molecular flexibility index (Phi) is 5.76. The highest BCUT2D eigenvalue weighted by atomic mass is 16.5. The fourth-order valence-corrected chi connectivity index (χ4v) is 4.02. The summed E-state index contributed by atoms with van der Waals surface area (Å²) in [6.07, 6.45) is 2.99. The molecule has 2 atom stereocenters. The average Bonchev–Trinajstić information content (AvgIpc) is 3.19. The number of carbonyl (C=O) groups excluding carboxylic acids is 1. The summed E-state index contributed by atoms with van der Waals surface area (Å²) in [7, 11) is 3.85. The van der Waals surface area contributed by atoms with Crippen molar-refractivity contribution in [2.24, 2.45) is 5.92 Å². The second-order valence-corrected chi connectivity index (χ2v) is 7.47. The average molecular weight is 351 g/mol. The highest BCUT2D eigenvalue weighted by Crippen LogP contribution is 2.38. The number of hydrogen-bond acceptors (Lipinski definition) is 6. The molecular formula is C18H29N3O4. The maximum Gasteiger partial charge on any atom is 0.276 e. The maximum atomic E-state index is 12.7. The second-order valence-electron chi connectivity index (χ2n) is 7.47. The minimum absolute atomic E-state index is 0.0554. The SMILES string of the molecule is COCCN(C)C[C@@H]1CO[C@]2(CCCN(C(=O)c3cc(C)on3)C2)C1. The number of piperidine rings is 1. The molecule has 1 amide bonds. The van der Waals surface area contributed by atoms with E-state index >= 15 is 0 Å². The number of nitrogens with zero attached hydrogens (tertiary/aromatic N) is 3. The van der Waals surface area contributed by atoms with Crippen LogP contribution in [0.3, 0.4) is 0 Å². The van der Waals surface area contributed by atoms with Gasteiger partial charge in [0, 0.05) is 32.8 Å². The molecule has 2 aliphatic heterocycles. The van der Waals surface area contributed by atoms with Gasteiger partial charge in [-0.2, -0.15) is 0 Å². The smallest absolute Gasteiger partial charge is 0.276 e. The molecule has 2 fully saturated rings. The van der Waals surface area contributed by atoms with Crippen LogP contribution in [0.1, 0.15) is 35.5 Å². The summed E-state index contributed by atoms with van der Waals surface area (Å²) in [6.45, 7) is 6.64. The van der Waals surface area contributed by atoms with Crippen molar-refractivity contribution < 1.29 is 18.8 Å². The van der Waals surface area contributed by atoms with Crippen molar-refractivity contribution in [2.75, 3.05) is 53.6 Å². The maximum absolute atomic E-state index is 12.7. The molecular weight excluding hydrogens is 322 g/mol. The van der Waals surface area contributed by atoms with E-state index in [1.165, 1.54) is 0 Å².